The number of hydrogen-bond acceptors (Lipinski definition) is 2. The Morgan fingerprint density at radius 2 is 1.72 bits per heavy atom. The lowest BCUT2D eigenvalue weighted by Crippen LogP contribution is -2.60. The molecule has 1 aliphatic rings. The number of anilines is 1. The van der Waals surface area contributed by atoms with Crippen LogP contribution < -0.4 is 16.0 Å². The number of fused-ring (bicyclic) bond motifs is 1. The SMILES string of the molecule is CNC(=O)C1(NC(=O)Nc2c(C)ccc3ccccc23)CCCCC1. The Bertz CT molecular complexity index is 795. The highest BCUT2D eigenvalue weighted by atomic mass is 16.2. The van der Waals surface area contributed by atoms with Gasteiger partial charge in [0.1, 0.15) is 5.54 Å². The number of carbonyl (C=O) groups excluding carboxylic acids is 2. The molecule has 0 unspecified atom stereocenters. The average molecular weight is 339 g/mol. The fraction of sp³-hybridized carbons (Fsp3) is 0.400. The molecule has 0 saturated heterocycles. The third-order valence-electron chi connectivity index (χ3n) is 5.10. The molecule has 5 nitrogen and oxygen atoms in total. The van der Waals surface area contributed by atoms with Gasteiger partial charge < -0.3 is 16.0 Å². The predicted molar refractivity (Wildman–Crippen MR) is 101 cm³/mol. The summed E-state index contributed by atoms with van der Waals surface area (Å²) in [5.74, 6) is -0.114. The normalized spacial score (nSPS) is 16.2. The van der Waals surface area contributed by atoms with Gasteiger partial charge in [0.2, 0.25) is 5.91 Å². The fourth-order valence-electron chi connectivity index (χ4n) is 3.71. The van der Waals surface area contributed by atoms with E-state index in [2.05, 4.69) is 16.0 Å². The van der Waals surface area contributed by atoms with Gasteiger partial charge in [-0.1, -0.05) is 55.7 Å². The molecule has 25 heavy (non-hydrogen) atoms. The van der Waals surface area contributed by atoms with Crippen LogP contribution in [0.1, 0.15) is 37.7 Å². The van der Waals surface area contributed by atoms with Crippen LogP contribution in [0.3, 0.4) is 0 Å². The largest absolute Gasteiger partial charge is 0.357 e. The van der Waals surface area contributed by atoms with Crippen molar-refractivity contribution in [1.82, 2.24) is 10.6 Å². The Hall–Kier alpha value is -2.56. The minimum Gasteiger partial charge on any atom is -0.357 e. The molecular formula is C20H25N3O2. The van der Waals surface area contributed by atoms with E-state index in [1.807, 2.05) is 43.3 Å². The van der Waals surface area contributed by atoms with Crippen LogP contribution in [0.4, 0.5) is 10.5 Å². The van der Waals surface area contributed by atoms with Crippen LogP contribution in [0.15, 0.2) is 36.4 Å². The first-order chi connectivity index (χ1) is 12.1. The van der Waals surface area contributed by atoms with Crippen molar-refractivity contribution in [1.29, 1.82) is 0 Å². The lowest BCUT2D eigenvalue weighted by Gasteiger charge is -2.36. The summed E-state index contributed by atoms with van der Waals surface area (Å²) >= 11 is 0. The molecule has 3 rings (SSSR count). The van der Waals surface area contributed by atoms with Crippen LogP contribution in [0.2, 0.25) is 0 Å². The second-order valence-corrected chi connectivity index (χ2v) is 6.78. The van der Waals surface area contributed by atoms with E-state index in [4.69, 9.17) is 0 Å². The minimum atomic E-state index is -0.810. The number of carbonyl (C=O) groups is 2. The van der Waals surface area contributed by atoms with Crippen LogP contribution in [0.25, 0.3) is 10.8 Å². The van der Waals surface area contributed by atoms with Crippen molar-refractivity contribution in [2.24, 2.45) is 0 Å². The van der Waals surface area contributed by atoms with E-state index < -0.39 is 5.54 Å². The number of likely N-dealkylation sites (N-methyl/N-ethyl adjacent to an activating group) is 1. The molecule has 2 aromatic rings. The Morgan fingerprint density at radius 3 is 2.44 bits per heavy atom. The highest BCUT2D eigenvalue weighted by Gasteiger charge is 2.40. The summed E-state index contributed by atoms with van der Waals surface area (Å²) in [7, 11) is 1.62. The predicted octanol–water partition coefficient (Wildman–Crippen LogP) is 3.72. The molecule has 0 radical (unpaired) electrons. The number of urea groups is 1. The van der Waals surface area contributed by atoms with Crippen LogP contribution in [0, 0.1) is 6.92 Å². The lowest BCUT2D eigenvalue weighted by molar-refractivity contribution is -0.128. The molecule has 3 amide bonds. The second kappa shape index (κ2) is 7.13. The molecule has 132 valence electrons. The third-order valence-corrected chi connectivity index (χ3v) is 5.10. The van der Waals surface area contributed by atoms with Gasteiger partial charge in [0.25, 0.3) is 0 Å². The smallest absolute Gasteiger partial charge is 0.320 e. The average Bonchev–Trinajstić information content (AvgIpc) is 2.64. The van der Waals surface area contributed by atoms with E-state index in [9.17, 15) is 9.59 Å². The number of rotatable bonds is 3. The molecule has 0 bridgehead atoms. The minimum absolute atomic E-state index is 0.114. The fourth-order valence-corrected chi connectivity index (χ4v) is 3.71. The summed E-state index contributed by atoms with van der Waals surface area (Å²) in [6.45, 7) is 1.97. The molecule has 0 atom stereocenters. The van der Waals surface area contributed by atoms with Gasteiger partial charge in [-0.05, 0) is 30.7 Å². The maximum atomic E-state index is 12.7. The van der Waals surface area contributed by atoms with Crippen molar-refractivity contribution < 1.29 is 9.59 Å². The van der Waals surface area contributed by atoms with Crippen molar-refractivity contribution in [2.45, 2.75) is 44.6 Å². The Balaban J connectivity index is 1.85. The van der Waals surface area contributed by atoms with E-state index in [1.165, 1.54) is 0 Å². The Kier molecular flexibility index (Phi) is 4.93. The summed E-state index contributed by atoms with van der Waals surface area (Å²) in [5.41, 5.74) is 0.972. The van der Waals surface area contributed by atoms with Crippen LogP contribution in [-0.4, -0.2) is 24.5 Å². The van der Waals surface area contributed by atoms with E-state index in [0.717, 1.165) is 41.3 Å². The molecular weight excluding hydrogens is 314 g/mol. The summed E-state index contributed by atoms with van der Waals surface area (Å²) < 4.78 is 0. The molecule has 1 fully saturated rings. The number of amides is 3. The van der Waals surface area contributed by atoms with Crippen molar-refractivity contribution in [3.8, 4) is 0 Å². The third kappa shape index (κ3) is 3.45. The summed E-state index contributed by atoms with van der Waals surface area (Å²) in [4.78, 5) is 25.1. The number of aryl methyl sites for hydroxylation is 1. The van der Waals surface area contributed by atoms with Gasteiger partial charge in [-0.15, -0.1) is 0 Å². The summed E-state index contributed by atoms with van der Waals surface area (Å²) in [5, 5.41) is 10.7. The van der Waals surface area contributed by atoms with Gasteiger partial charge in [-0.25, -0.2) is 4.79 Å². The molecule has 0 aromatic heterocycles. The lowest BCUT2D eigenvalue weighted by atomic mass is 9.81. The first-order valence-electron chi connectivity index (χ1n) is 8.85. The molecule has 3 N–H and O–H groups in total. The van der Waals surface area contributed by atoms with Gasteiger partial charge in [0.05, 0.1) is 5.69 Å². The van der Waals surface area contributed by atoms with E-state index in [-0.39, 0.29) is 11.9 Å². The molecule has 0 aliphatic heterocycles. The zero-order valence-electron chi connectivity index (χ0n) is 14.8. The summed E-state index contributed by atoms with van der Waals surface area (Å²) in [6.07, 6.45) is 4.34. The van der Waals surface area contributed by atoms with E-state index in [0.29, 0.717) is 12.8 Å². The Labute approximate surface area is 148 Å². The maximum Gasteiger partial charge on any atom is 0.320 e. The quantitative estimate of drug-likeness (QED) is 0.797. The standard InChI is InChI=1S/C20H25N3O2/c1-14-10-11-15-8-4-5-9-16(15)17(14)22-19(25)23-20(18(24)21-2)12-6-3-7-13-20/h4-5,8-11H,3,6-7,12-13H2,1-2H3,(H,21,24)(H2,22,23,25). The second-order valence-electron chi connectivity index (χ2n) is 6.78. The topological polar surface area (TPSA) is 70.2 Å². The molecule has 1 aliphatic carbocycles. The molecule has 1 saturated carbocycles. The Morgan fingerprint density at radius 1 is 1.00 bits per heavy atom. The van der Waals surface area contributed by atoms with Gasteiger partial charge in [-0.2, -0.15) is 0 Å². The highest BCUT2D eigenvalue weighted by molar-refractivity contribution is 6.04. The van der Waals surface area contributed by atoms with Crippen molar-refractivity contribution in [3.63, 3.8) is 0 Å². The zero-order valence-corrected chi connectivity index (χ0v) is 14.8. The van der Waals surface area contributed by atoms with Gasteiger partial charge in [0, 0.05) is 12.4 Å². The molecule has 2 aromatic carbocycles. The monoisotopic (exact) mass is 339 g/mol. The number of nitrogens with one attached hydrogen (secondary N) is 3. The van der Waals surface area contributed by atoms with Gasteiger partial charge in [-0.3, -0.25) is 4.79 Å². The van der Waals surface area contributed by atoms with E-state index in [1.54, 1.807) is 7.05 Å². The van der Waals surface area contributed by atoms with Gasteiger partial charge in [0.15, 0.2) is 0 Å². The van der Waals surface area contributed by atoms with Crippen LogP contribution in [0.5, 0.6) is 0 Å². The van der Waals surface area contributed by atoms with Crippen molar-refractivity contribution in [2.75, 3.05) is 12.4 Å². The zero-order chi connectivity index (χ0) is 17.9. The molecule has 0 heterocycles. The number of hydrogen-bond donors (Lipinski definition) is 3. The van der Waals surface area contributed by atoms with Crippen LogP contribution >= 0.6 is 0 Å². The number of benzene rings is 2. The van der Waals surface area contributed by atoms with Crippen molar-refractivity contribution >= 4 is 28.4 Å². The molecule has 5 heteroatoms. The first kappa shape index (κ1) is 17.3. The summed E-state index contributed by atoms with van der Waals surface area (Å²) in [6, 6.07) is 11.7. The van der Waals surface area contributed by atoms with E-state index >= 15 is 0 Å². The van der Waals surface area contributed by atoms with Gasteiger partial charge >= 0.3 is 6.03 Å². The van der Waals surface area contributed by atoms with Crippen LogP contribution in [-0.2, 0) is 4.79 Å². The molecule has 0 spiro atoms. The maximum absolute atomic E-state index is 12.7. The first-order valence-corrected chi connectivity index (χ1v) is 8.85. The highest BCUT2D eigenvalue weighted by Crippen LogP contribution is 2.30. The van der Waals surface area contributed by atoms with Crippen molar-refractivity contribution in [3.05, 3.63) is 42.0 Å².